The molecular formula is C26H29N3O9. The largest absolute Gasteiger partial charge is 0.533 e. The van der Waals surface area contributed by atoms with Crippen LogP contribution in [-0.4, -0.2) is 55.3 Å². The molecule has 4 aliphatic rings. The zero-order valence-corrected chi connectivity index (χ0v) is 20.5. The van der Waals surface area contributed by atoms with Gasteiger partial charge in [0.2, 0.25) is 23.5 Å². The number of hydrogen-bond donors (Lipinski definition) is 5. The van der Waals surface area contributed by atoms with Crippen LogP contribution in [0.25, 0.3) is 0 Å². The fraction of sp³-hybridized carbons (Fsp3) is 0.462. The fourth-order valence-electron chi connectivity index (χ4n) is 6.15. The van der Waals surface area contributed by atoms with Gasteiger partial charge >= 0.3 is 12.2 Å². The molecule has 0 spiro atoms. The lowest BCUT2D eigenvalue weighted by Crippen LogP contribution is -2.32. The minimum Gasteiger partial charge on any atom is -0.492 e. The molecule has 4 bridgehead atoms. The van der Waals surface area contributed by atoms with E-state index in [0.29, 0.717) is 46.4 Å². The first-order chi connectivity index (χ1) is 18.3. The van der Waals surface area contributed by atoms with Gasteiger partial charge in [0.05, 0.1) is 6.61 Å². The average molecular weight is 528 g/mol. The number of nitrogens with one attached hydrogen (secondary N) is 1. The van der Waals surface area contributed by atoms with Gasteiger partial charge in [-0.3, -0.25) is 4.84 Å². The molecule has 12 nitrogen and oxygen atoms in total. The number of fused-ring (bicyclic) bond motifs is 10. The number of unbranched alkanes of at least 4 members (excludes halogenated alkanes) is 3. The van der Waals surface area contributed by atoms with E-state index in [1.165, 1.54) is 0 Å². The molecule has 0 aliphatic heterocycles. The molecule has 0 fully saturated rings. The van der Waals surface area contributed by atoms with Crippen molar-refractivity contribution in [1.82, 2.24) is 14.8 Å². The van der Waals surface area contributed by atoms with Crippen molar-refractivity contribution in [3.8, 4) is 23.5 Å². The summed E-state index contributed by atoms with van der Waals surface area (Å²) in [5.74, 6) is -0.987. The average Bonchev–Trinajstić information content (AvgIpc) is 3.74. The van der Waals surface area contributed by atoms with Crippen LogP contribution in [0, 0.1) is 0 Å². The van der Waals surface area contributed by atoms with Crippen molar-refractivity contribution in [2.24, 2.45) is 0 Å². The van der Waals surface area contributed by atoms with Crippen molar-refractivity contribution in [2.45, 2.75) is 62.2 Å². The van der Waals surface area contributed by atoms with Crippen molar-refractivity contribution in [2.75, 3.05) is 13.2 Å². The summed E-state index contributed by atoms with van der Waals surface area (Å²) in [6.45, 7) is 0.419. The summed E-state index contributed by atoms with van der Waals surface area (Å²) in [5, 5.41) is 44.1. The Labute approximate surface area is 217 Å². The lowest BCUT2D eigenvalue weighted by Gasteiger charge is -2.10. The number of aromatic hydroxyl groups is 4. The van der Waals surface area contributed by atoms with Crippen molar-refractivity contribution in [3.63, 3.8) is 0 Å². The molecule has 2 aromatic heterocycles. The van der Waals surface area contributed by atoms with Crippen molar-refractivity contribution < 1.29 is 44.4 Å². The van der Waals surface area contributed by atoms with Gasteiger partial charge in [0, 0.05) is 52.5 Å². The van der Waals surface area contributed by atoms with Gasteiger partial charge in [0.25, 0.3) is 0 Å². The molecule has 4 aliphatic carbocycles. The van der Waals surface area contributed by atoms with Crippen molar-refractivity contribution in [3.05, 3.63) is 46.6 Å². The first-order valence-electron chi connectivity index (χ1n) is 12.9. The number of carbonyl (C=O) groups excluding carboxylic acids is 2. The van der Waals surface area contributed by atoms with E-state index in [1.807, 2.05) is 24.3 Å². The van der Waals surface area contributed by atoms with E-state index < -0.39 is 12.2 Å². The van der Waals surface area contributed by atoms with Crippen molar-refractivity contribution >= 4 is 12.2 Å². The van der Waals surface area contributed by atoms with Gasteiger partial charge in [0.1, 0.15) is 0 Å². The molecule has 12 heteroatoms. The maximum absolute atomic E-state index is 12.1. The molecule has 6 rings (SSSR count). The molecule has 0 saturated heterocycles. The lowest BCUT2D eigenvalue weighted by molar-refractivity contribution is 0.0341. The Bertz CT molecular complexity index is 1180. The van der Waals surface area contributed by atoms with Crippen LogP contribution < -0.4 is 15.0 Å². The highest BCUT2D eigenvalue weighted by atomic mass is 16.8. The summed E-state index contributed by atoms with van der Waals surface area (Å²) in [4.78, 5) is 34.2. The van der Waals surface area contributed by atoms with Crippen molar-refractivity contribution in [1.29, 1.82) is 0 Å². The zero-order valence-electron chi connectivity index (χ0n) is 20.5. The predicted molar refractivity (Wildman–Crippen MR) is 130 cm³/mol. The minimum absolute atomic E-state index is 0.0135. The van der Waals surface area contributed by atoms with E-state index in [0.717, 1.165) is 30.4 Å². The molecule has 202 valence electrons. The third-order valence-electron chi connectivity index (χ3n) is 7.86. The normalized spacial score (nSPS) is 23.1. The zero-order chi connectivity index (χ0) is 26.6. The van der Waals surface area contributed by atoms with Gasteiger partial charge in [0.15, 0.2) is 0 Å². The SMILES string of the molecule is O=C(NCCCCCCOC(=O)On1c(O)c2c(c1O)C1C=CC2C1)On1c(O)c2c(c1O)C1C=CC2C1. The maximum Gasteiger partial charge on any atom is 0.533 e. The minimum atomic E-state index is -1.03. The Morgan fingerprint density at radius 1 is 0.711 bits per heavy atom. The number of nitrogens with zero attached hydrogens (tertiary/aromatic N) is 2. The van der Waals surface area contributed by atoms with E-state index in [-0.39, 0.29) is 53.8 Å². The summed E-state index contributed by atoms with van der Waals surface area (Å²) in [7, 11) is 0. The monoisotopic (exact) mass is 527 g/mol. The number of allylic oxidation sites excluding steroid dienone is 4. The number of hydrogen-bond acceptors (Lipinski definition) is 9. The highest BCUT2D eigenvalue weighted by Crippen LogP contribution is 2.57. The highest BCUT2D eigenvalue weighted by Gasteiger charge is 2.43. The van der Waals surface area contributed by atoms with Gasteiger partial charge in [-0.15, -0.1) is 9.46 Å². The van der Waals surface area contributed by atoms with E-state index in [2.05, 4.69) is 5.32 Å². The van der Waals surface area contributed by atoms with E-state index >= 15 is 0 Å². The van der Waals surface area contributed by atoms with Gasteiger partial charge in [-0.25, -0.2) is 9.59 Å². The highest BCUT2D eigenvalue weighted by molar-refractivity contribution is 5.68. The van der Waals surface area contributed by atoms with Crippen LogP contribution >= 0.6 is 0 Å². The van der Waals surface area contributed by atoms with Crippen LogP contribution in [0.5, 0.6) is 23.5 Å². The standard InChI is InChI=1S/C26H29N3O9/c30-21-17-13-5-6-14(11-13)18(17)22(31)28(21)37-25(34)27-9-3-1-2-4-10-36-26(35)38-29-23(32)19-15-7-8-16(12-15)20(19)24(29)33/h5-8,13-16,30-33H,1-4,9-12H2,(H,27,34). The number of rotatable bonds is 9. The van der Waals surface area contributed by atoms with Gasteiger partial charge in [-0.1, -0.05) is 30.7 Å². The molecule has 4 atom stereocenters. The topological polar surface area (TPSA) is 165 Å². The molecule has 1 amide bonds. The molecule has 2 heterocycles. The third-order valence-corrected chi connectivity index (χ3v) is 7.86. The second-order valence-electron chi connectivity index (χ2n) is 10.1. The first-order valence-corrected chi connectivity index (χ1v) is 12.9. The molecule has 0 saturated carbocycles. The Kier molecular flexibility index (Phi) is 5.88. The third kappa shape index (κ3) is 3.82. The molecule has 4 unspecified atom stereocenters. The number of ether oxygens (including phenoxy) is 1. The Hall–Kier alpha value is -4.22. The summed E-state index contributed by atoms with van der Waals surface area (Å²) >= 11 is 0. The molecule has 38 heavy (non-hydrogen) atoms. The predicted octanol–water partition coefficient (Wildman–Crippen LogP) is 3.36. The van der Waals surface area contributed by atoms with E-state index in [9.17, 15) is 30.0 Å². The second kappa shape index (κ2) is 9.26. The van der Waals surface area contributed by atoms with Crippen LogP contribution in [0.2, 0.25) is 0 Å². The molecular weight excluding hydrogens is 498 g/mol. The number of carbonyl (C=O) groups is 2. The maximum atomic E-state index is 12.1. The van der Waals surface area contributed by atoms with Gasteiger partial charge in [-0.2, -0.15) is 0 Å². The Morgan fingerprint density at radius 2 is 1.16 bits per heavy atom. The summed E-state index contributed by atoms with van der Waals surface area (Å²) in [6, 6.07) is 0. The van der Waals surface area contributed by atoms with Crippen LogP contribution in [0.3, 0.4) is 0 Å². The Balaban J connectivity index is 0.865. The number of aromatic nitrogens is 2. The smallest absolute Gasteiger partial charge is 0.492 e. The van der Waals surface area contributed by atoms with Gasteiger partial charge in [-0.05, 0) is 32.1 Å². The van der Waals surface area contributed by atoms with Crippen LogP contribution in [-0.2, 0) is 4.74 Å². The first kappa shape index (κ1) is 24.1. The molecule has 0 radical (unpaired) electrons. The van der Waals surface area contributed by atoms with E-state index in [1.54, 1.807) is 0 Å². The van der Waals surface area contributed by atoms with E-state index in [4.69, 9.17) is 14.4 Å². The summed E-state index contributed by atoms with van der Waals surface area (Å²) in [5.41, 5.74) is 2.41. The summed E-state index contributed by atoms with van der Waals surface area (Å²) in [6.07, 6.45) is 10.3. The summed E-state index contributed by atoms with van der Waals surface area (Å²) < 4.78 is 6.52. The lowest BCUT2D eigenvalue weighted by atomic mass is 10.0. The molecule has 5 N–H and O–H groups in total. The fourth-order valence-corrected chi connectivity index (χ4v) is 6.15. The van der Waals surface area contributed by atoms with Crippen LogP contribution in [0.15, 0.2) is 24.3 Å². The second-order valence-corrected chi connectivity index (χ2v) is 10.1. The van der Waals surface area contributed by atoms with Crippen LogP contribution in [0.1, 0.15) is 84.5 Å². The Morgan fingerprint density at radius 3 is 1.66 bits per heavy atom. The van der Waals surface area contributed by atoms with Gasteiger partial charge < -0.3 is 35.3 Å². The number of amides is 1. The molecule has 2 aromatic rings. The quantitative estimate of drug-likeness (QED) is 0.187. The van der Waals surface area contributed by atoms with Crippen LogP contribution in [0.4, 0.5) is 9.59 Å². The molecule has 0 aromatic carbocycles.